The molecule has 4 aromatic rings. The molecule has 0 amide bonds. The predicted molar refractivity (Wildman–Crippen MR) is 119 cm³/mol. The van der Waals surface area contributed by atoms with Gasteiger partial charge in [0.15, 0.2) is 12.6 Å². The van der Waals surface area contributed by atoms with Crippen LogP contribution in [0.15, 0.2) is 75.9 Å². The van der Waals surface area contributed by atoms with E-state index < -0.39 is 5.43 Å². The number of methoxy groups -OCH3 is 2. The van der Waals surface area contributed by atoms with Gasteiger partial charge in [0.05, 0.1) is 7.11 Å². The molecule has 0 aliphatic rings. The van der Waals surface area contributed by atoms with Crippen LogP contribution in [0, 0.1) is 0 Å². The number of hydrogen-bond acceptors (Lipinski definition) is 7. The molecule has 0 aliphatic carbocycles. The number of benzene rings is 3. The standard InChI is InChI=1S/C25H22O7/c1-28-15-31-25-23(27)22-20(26)12-19(30-14-16-6-4-3-5-7-16)13-21(22)32-24(25)17-8-10-18(29-2)11-9-17/h3-13,26H,14-15H2,1-2H3. The summed E-state index contributed by atoms with van der Waals surface area (Å²) in [5.74, 6) is 0.918. The summed E-state index contributed by atoms with van der Waals surface area (Å²) in [6.45, 7) is 0.148. The molecule has 164 valence electrons. The minimum Gasteiger partial charge on any atom is -0.507 e. The van der Waals surface area contributed by atoms with Gasteiger partial charge in [-0.25, -0.2) is 0 Å². The molecule has 0 unspecified atom stereocenters. The lowest BCUT2D eigenvalue weighted by Gasteiger charge is -2.13. The van der Waals surface area contributed by atoms with Crippen molar-refractivity contribution < 1.29 is 28.5 Å². The van der Waals surface area contributed by atoms with Crippen molar-refractivity contribution in [2.75, 3.05) is 21.0 Å². The molecular weight excluding hydrogens is 412 g/mol. The molecule has 1 N–H and O–H groups in total. The van der Waals surface area contributed by atoms with Crippen molar-refractivity contribution in [3.63, 3.8) is 0 Å². The van der Waals surface area contributed by atoms with E-state index in [0.717, 1.165) is 5.56 Å². The quantitative estimate of drug-likeness (QED) is 0.401. The van der Waals surface area contributed by atoms with Crippen molar-refractivity contribution in [2.45, 2.75) is 6.61 Å². The van der Waals surface area contributed by atoms with Gasteiger partial charge in [-0.1, -0.05) is 30.3 Å². The molecule has 32 heavy (non-hydrogen) atoms. The second-order valence-corrected chi connectivity index (χ2v) is 6.96. The zero-order valence-corrected chi connectivity index (χ0v) is 17.7. The number of hydrogen-bond donors (Lipinski definition) is 1. The second kappa shape index (κ2) is 9.45. The maximum atomic E-state index is 13.2. The third kappa shape index (κ3) is 4.38. The Morgan fingerprint density at radius 3 is 2.34 bits per heavy atom. The van der Waals surface area contributed by atoms with Crippen LogP contribution in [0.3, 0.4) is 0 Å². The molecule has 0 saturated carbocycles. The third-order valence-corrected chi connectivity index (χ3v) is 4.83. The Kier molecular flexibility index (Phi) is 6.28. The van der Waals surface area contributed by atoms with E-state index in [9.17, 15) is 9.90 Å². The fourth-order valence-corrected chi connectivity index (χ4v) is 3.26. The van der Waals surface area contributed by atoms with Crippen LogP contribution in [-0.2, 0) is 11.3 Å². The lowest BCUT2D eigenvalue weighted by Crippen LogP contribution is -2.12. The van der Waals surface area contributed by atoms with E-state index in [1.165, 1.54) is 13.2 Å². The van der Waals surface area contributed by atoms with E-state index in [1.54, 1.807) is 37.4 Å². The minimum absolute atomic E-state index is 0.000394. The first kappa shape index (κ1) is 21.3. The molecule has 0 aliphatic heterocycles. The zero-order valence-electron chi connectivity index (χ0n) is 17.7. The highest BCUT2D eigenvalue weighted by Gasteiger charge is 2.21. The Morgan fingerprint density at radius 2 is 1.66 bits per heavy atom. The van der Waals surface area contributed by atoms with E-state index in [2.05, 4.69) is 0 Å². The van der Waals surface area contributed by atoms with Crippen LogP contribution < -0.4 is 19.6 Å². The van der Waals surface area contributed by atoms with E-state index in [-0.39, 0.29) is 35.0 Å². The summed E-state index contributed by atoms with van der Waals surface area (Å²) in [5.41, 5.74) is 1.23. The predicted octanol–water partition coefficient (Wildman–Crippen LogP) is 4.74. The molecule has 0 atom stereocenters. The first-order valence-electron chi connectivity index (χ1n) is 9.87. The molecule has 0 spiro atoms. The number of phenols is 1. The topological polar surface area (TPSA) is 87.4 Å². The Balaban J connectivity index is 1.80. The van der Waals surface area contributed by atoms with Crippen molar-refractivity contribution in [3.8, 4) is 34.3 Å². The van der Waals surface area contributed by atoms with Crippen LogP contribution in [0.25, 0.3) is 22.3 Å². The summed E-state index contributed by atoms with van der Waals surface area (Å²) < 4.78 is 27.5. The van der Waals surface area contributed by atoms with Crippen molar-refractivity contribution in [1.29, 1.82) is 0 Å². The molecule has 0 fully saturated rings. The average molecular weight is 434 g/mol. The van der Waals surface area contributed by atoms with Gasteiger partial charge in [-0.2, -0.15) is 0 Å². The molecule has 0 radical (unpaired) electrons. The number of fused-ring (bicyclic) bond motifs is 1. The monoisotopic (exact) mass is 434 g/mol. The molecule has 0 bridgehead atoms. The molecule has 1 aromatic heterocycles. The van der Waals surface area contributed by atoms with Crippen molar-refractivity contribution in [1.82, 2.24) is 0 Å². The van der Waals surface area contributed by atoms with Gasteiger partial charge in [0.1, 0.15) is 34.8 Å². The van der Waals surface area contributed by atoms with Crippen LogP contribution in [0.2, 0.25) is 0 Å². The first-order chi connectivity index (χ1) is 15.6. The number of phenolic OH excluding ortho intramolecular Hbond substituents is 1. The Hall–Kier alpha value is -3.97. The molecule has 4 rings (SSSR count). The SMILES string of the molecule is COCOc1c(-c2ccc(OC)cc2)oc2cc(OCc3ccccc3)cc(O)c2c1=O. The van der Waals surface area contributed by atoms with Crippen LogP contribution in [0.5, 0.6) is 23.0 Å². The fourth-order valence-electron chi connectivity index (χ4n) is 3.26. The summed E-state index contributed by atoms with van der Waals surface area (Å²) in [6, 6.07) is 19.6. The number of rotatable bonds is 8. The van der Waals surface area contributed by atoms with Gasteiger partial charge in [-0.05, 0) is 29.8 Å². The fraction of sp³-hybridized carbons (Fsp3) is 0.160. The number of aromatic hydroxyl groups is 1. The van der Waals surface area contributed by atoms with E-state index >= 15 is 0 Å². The maximum absolute atomic E-state index is 13.2. The van der Waals surface area contributed by atoms with Gasteiger partial charge in [-0.3, -0.25) is 4.79 Å². The second-order valence-electron chi connectivity index (χ2n) is 6.96. The summed E-state index contributed by atoms with van der Waals surface area (Å²) in [7, 11) is 3.02. The Labute approximate surface area is 184 Å². The minimum atomic E-state index is -0.513. The molecule has 7 heteroatoms. The third-order valence-electron chi connectivity index (χ3n) is 4.83. The zero-order chi connectivity index (χ0) is 22.5. The lowest BCUT2D eigenvalue weighted by molar-refractivity contribution is 0.0498. The summed E-state index contributed by atoms with van der Waals surface area (Å²) in [4.78, 5) is 13.2. The highest BCUT2D eigenvalue weighted by molar-refractivity contribution is 5.88. The maximum Gasteiger partial charge on any atom is 0.239 e. The normalized spacial score (nSPS) is 10.8. The average Bonchev–Trinajstić information content (AvgIpc) is 2.82. The van der Waals surface area contributed by atoms with Gasteiger partial charge in [0.2, 0.25) is 11.2 Å². The van der Waals surface area contributed by atoms with Crippen LogP contribution in [0.1, 0.15) is 5.56 Å². The Bertz CT molecular complexity index is 1260. The van der Waals surface area contributed by atoms with Crippen LogP contribution in [0.4, 0.5) is 0 Å². The largest absolute Gasteiger partial charge is 0.507 e. The highest BCUT2D eigenvalue weighted by atomic mass is 16.7. The summed E-state index contributed by atoms with van der Waals surface area (Å²) in [6.07, 6.45) is 0. The Morgan fingerprint density at radius 1 is 0.906 bits per heavy atom. The van der Waals surface area contributed by atoms with Gasteiger partial charge in [0.25, 0.3) is 0 Å². The highest BCUT2D eigenvalue weighted by Crippen LogP contribution is 2.36. The van der Waals surface area contributed by atoms with Gasteiger partial charge in [0, 0.05) is 24.8 Å². The summed E-state index contributed by atoms with van der Waals surface area (Å²) in [5, 5.41) is 10.6. The summed E-state index contributed by atoms with van der Waals surface area (Å²) >= 11 is 0. The van der Waals surface area contributed by atoms with Gasteiger partial charge in [-0.15, -0.1) is 0 Å². The van der Waals surface area contributed by atoms with Gasteiger partial charge < -0.3 is 28.5 Å². The van der Waals surface area contributed by atoms with Crippen LogP contribution >= 0.6 is 0 Å². The van der Waals surface area contributed by atoms with E-state index in [0.29, 0.717) is 23.7 Å². The van der Waals surface area contributed by atoms with Crippen LogP contribution in [-0.4, -0.2) is 26.1 Å². The molecular formula is C25H22O7. The molecule has 3 aromatic carbocycles. The van der Waals surface area contributed by atoms with E-state index in [4.69, 9.17) is 23.4 Å². The molecule has 1 heterocycles. The van der Waals surface area contributed by atoms with Gasteiger partial charge >= 0.3 is 0 Å². The molecule has 0 saturated heterocycles. The van der Waals surface area contributed by atoms with E-state index in [1.807, 2.05) is 30.3 Å². The number of ether oxygens (including phenoxy) is 4. The lowest BCUT2D eigenvalue weighted by atomic mass is 10.1. The molecule has 7 nitrogen and oxygen atoms in total. The van der Waals surface area contributed by atoms with Crippen molar-refractivity contribution in [3.05, 3.63) is 82.5 Å². The van der Waals surface area contributed by atoms with Crippen molar-refractivity contribution in [2.24, 2.45) is 0 Å². The smallest absolute Gasteiger partial charge is 0.239 e. The first-order valence-corrected chi connectivity index (χ1v) is 9.87. The van der Waals surface area contributed by atoms with Crippen molar-refractivity contribution >= 4 is 11.0 Å².